The Hall–Kier alpha value is -0.180. The lowest BCUT2D eigenvalue weighted by Crippen LogP contribution is -2.58. The molecule has 2 unspecified atom stereocenters. The van der Waals surface area contributed by atoms with Crippen molar-refractivity contribution in [1.82, 2.24) is 0 Å². The first-order valence-corrected chi connectivity index (χ1v) is 10.7. The average Bonchev–Trinajstić information content (AvgIpc) is 2.25. The highest BCUT2D eigenvalue weighted by molar-refractivity contribution is 7.90. The summed E-state index contributed by atoms with van der Waals surface area (Å²) in [5.74, 6) is -2.48. The van der Waals surface area contributed by atoms with Gasteiger partial charge in [-0.1, -0.05) is 54.4 Å². The third-order valence-electron chi connectivity index (χ3n) is 4.63. The lowest BCUT2D eigenvalue weighted by atomic mass is 9.70. The molecule has 0 spiro atoms. The first-order chi connectivity index (χ1) is 9.74. The predicted molar refractivity (Wildman–Crippen MR) is 87.9 cm³/mol. The molecule has 0 heterocycles. The Kier molecular flexibility index (Phi) is 7.53. The second kappa shape index (κ2) is 7.59. The zero-order chi connectivity index (χ0) is 17.9. The van der Waals surface area contributed by atoms with E-state index in [9.17, 15) is 25.9 Å². The summed E-state index contributed by atoms with van der Waals surface area (Å²) in [6, 6.07) is 0. The Bertz CT molecular complexity index is 532. The molecular weight excluding hydrogens is 328 g/mol. The summed E-state index contributed by atoms with van der Waals surface area (Å²) in [5, 5.41) is 0. The summed E-state index contributed by atoms with van der Waals surface area (Å²) in [7, 11) is -9.29. The molecule has 0 saturated carbocycles. The van der Waals surface area contributed by atoms with Gasteiger partial charge in [0.1, 0.15) is 4.75 Å². The van der Waals surface area contributed by atoms with Gasteiger partial charge in [0.05, 0.1) is 5.75 Å². The lowest BCUT2D eigenvalue weighted by molar-refractivity contribution is 0.159. The topological polar surface area (TPSA) is 109 Å². The predicted octanol–water partition coefficient (Wildman–Crippen LogP) is 2.87. The van der Waals surface area contributed by atoms with Crippen LogP contribution in [0.15, 0.2) is 0 Å². The van der Waals surface area contributed by atoms with E-state index in [1.165, 1.54) is 0 Å². The van der Waals surface area contributed by atoms with Crippen LogP contribution in [0.4, 0.5) is 0 Å². The van der Waals surface area contributed by atoms with Crippen LogP contribution in [0.2, 0.25) is 0 Å². The van der Waals surface area contributed by atoms with Gasteiger partial charge >= 0.3 is 0 Å². The standard InChI is InChI=1S/C14H30O6S2/c1-7-12(10(3)4)14(22(18,19)20,9-21(15,16)17)13(8-2)11(5)6/h10-13H,7-9H2,1-6H3,(H,15,16,17)(H,18,19,20). The van der Waals surface area contributed by atoms with Crippen molar-refractivity contribution in [3.05, 3.63) is 0 Å². The lowest BCUT2D eigenvalue weighted by Gasteiger charge is -2.46. The normalized spacial score (nSPS) is 19.2. The quantitative estimate of drug-likeness (QED) is 0.613. The van der Waals surface area contributed by atoms with Gasteiger partial charge in [0.25, 0.3) is 20.2 Å². The zero-order valence-electron chi connectivity index (χ0n) is 14.3. The molecule has 0 aliphatic heterocycles. The average molecular weight is 359 g/mol. The van der Waals surface area contributed by atoms with Crippen molar-refractivity contribution < 1.29 is 25.9 Å². The van der Waals surface area contributed by atoms with Crippen molar-refractivity contribution in [2.75, 3.05) is 5.75 Å². The molecule has 0 fully saturated rings. The highest BCUT2D eigenvalue weighted by atomic mass is 32.2. The second-order valence-electron chi connectivity index (χ2n) is 6.67. The number of hydrogen-bond donors (Lipinski definition) is 2. The molecule has 2 N–H and O–H groups in total. The first kappa shape index (κ1) is 21.8. The van der Waals surface area contributed by atoms with Gasteiger partial charge in [-0.3, -0.25) is 9.11 Å². The monoisotopic (exact) mass is 358 g/mol. The maximum absolute atomic E-state index is 12.3. The summed E-state index contributed by atoms with van der Waals surface area (Å²) >= 11 is 0. The Morgan fingerprint density at radius 3 is 1.27 bits per heavy atom. The van der Waals surface area contributed by atoms with Crippen molar-refractivity contribution >= 4 is 20.2 Å². The van der Waals surface area contributed by atoms with Crippen LogP contribution in [0.25, 0.3) is 0 Å². The highest BCUT2D eigenvalue weighted by Crippen LogP contribution is 2.45. The Morgan fingerprint density at radius 1 is 0.818 bits per heavy atom. The van der Waals surface area contributed by atoms with E-state index < -0.39 is 42.6 Å². The number of hydrogen-bond acceptors (Lipinski definition) is 4. The van der Waals surface area contributed by atoms with Crippen LogP contribution < -0.4 is 0 Å². The Morgan fingerprint density at radius 2 is 1.14 bits per heavy atom. The van der Waals surface area contributed by atoms with Crippen LogP contribution in [0.1, 0.15) is 54.4 Å². The van der Waals surface area contributed by atoms with Gasteiger partial charge in [-0.05, 0) is 23.7 Å². The molecular formula is C14H30O6S2. The van der Waals surface area contributed by atoms with E-state index >= 15 is 0 Å². The van der Waals surface area contributed by atoms with Gasteiger partial charge in [0, 0.05) is 0 Å². The second-order valence-corrected chi connectivity index (χ2v) is 9.84. The van der Waals surface area contributed by atoms with Gasteiger partial charge in [-0.25, -0.2) is 0 Å². The largest absolute Gasteiger partial charge is 0.285 e. The van der Waals surface area contributed by atoms with Gasteiger partial charge < -0.3 is 0 Å². The van der Waals surface area contributed by atoms with Crippen molar-refractivity contribution in [2.45, 2.75) is 59.1 Å². The van der Waals surface area contributed by atoms with Gasteiger partial charge in [-0.2, -0.15) is 16.8 Å². The molecule has 0 rings (SSSR count). The smallest absolute Gasteiger partial charge is 0.272 e. The molecule has 0 aliphatic rings. The molecule has 0 radical (unpaired) electrons. The van der Waals surface area contributed by atoms with Crippen LogP contribution in [0.3, 0.4) is 0 Å². The summed E-state index contributed by atoms with van der Waals surface area (Å²) in [5.41, 5.74) is 0. The third kappa shape index (κ3) is 4.66. The van der Waals surface area contributed by atoms with Crippen LogP contribution in [0.5, 0.6) is 0 Å². The molecule has 0 aliphatic carbocycles. The summed E-state index contributed by atoms with van der Waals surface area (Å²) in [4.78, 5) is 0. The van der Waals surface area contributed by atoms with E-state index in [1.54, 1.807) is 41.5 Å². The molecule has 134 valence electrons. The molecule has 2 atom stereocenters. The summed E-state index contributed by atoms with van der Waals surface area (Å²) in [6.45, 7) is 10.7. The molecule has 0 bridgehead atoms. The third-order valence-corrected chi connectivity index (χ3v) is 7.37. The van der Waals surface area contributed by atoms with Crippen molar-refractivity contribution in [2.24, 2.45) is 23.7 Å². The Balaban J connectivity index is 6.67. The van der Waals surface area contributed by atoms with Crippen LogP contribution in [-0.4, -0.2) is 36.4 Å². The molecule has 6 nitrogen and oxygen atoms in total. The fraction of sp³-hybridized carbons (Fsp3) is 1.00. The van der Waals surface area contributed by atoms with Crippen molar-refractivity contribution in [3.8, 4) is 0 Å². The van der Waals surface area contributed by atoms with E-state index in [4.69, 9.17) is 0 Å². The van der Waals surface area contributed by atoms with E-state index in [1.807, 2.05) is 0 Å². The van der Waals surface area contributed by atoms with Gasteiger partial charge in [-0.15, -0.1) is 0 Å². The van der Waals surface area contributed by atoms with E-state index in [-0.39, 0.29) is 11.8 Å². The molecule has 0 aromatic heterocycles. The maximum Gasteiger partial charge on any atom is 0.272 e. The highest BCUT2D eigenvalue weighted by Gasteiger charge is 2.57. The molecule has 0 saturated heterocycles. The van der Waals surface area contributed by atoms with Crippen molar-refractivity contribution in [1.29, 1.82) is 0 Å². The molecule has 0 aromatic carbocycles. The fourth-order valence-electron chi connectivity index (χ4n) is 3.99. The molecule has 22 heavy (non-hydrogen) atoms. The molecule has 0 amide bonds. The fourth-order valence-corrected chi connectivity index (χ4v) is 7.68. The summed E-state index contributed by atoms with van der Waals surface area (Å²) in [6.07, 6.45) is 0.770. The Labute approximate surface area is 135 Å². The number of rotatable bonds is 9. The SMILES string of the molecule is CCC(C(C)C)C(CS(=O)(=O)O)(C(CC)C(C)C)S(=O)(=O)O. The first-order valence-electron chi connectivity index (χ1n) is 7.66. The minimum Gasteiger partial charge on any atom is -0.285 e. The van der Waals surface area contributed by atoms with Gasteiger partial charge in [0.15, 0.2) is 0 Å². The minimum atomic E-state index is -4.71. The van der Waals surface area contributed by atoms with E-state index in [0.29, 0.717) is 12.8 Å². The zero-order valence-corrected chi connectivity index (χ0v) is 15.9. The van der Waals surface area contributed by atoms with Crippen molar-refractivity contribution in [3.63, 3.8) is 0 Å². The molecule has 8 heteroatoms. The van der Waals surface area contributed by atoms with Gasteiger partial charge in [0.2, 0.25) is 0 Å². The van der Waals surface area contributed by atoms with Crippen LogP contribution in [-0.2, 0) is 20.2 Å². The van der Waals surface area contributed by atoms with Crippen LogP contribution >= 0.6 is 0 Å². The van der Waals surface area contributed by atoms with E-state index in [0.717, 1.165) is 0 Å². The summed E-state index contributed by atoms with van der Waals surface area (Å²) < 4.78 is 65.2. The maximum atomic E-state index is 12.3. The minimum absolute atomic E-state index is 0.165. The van der Waals surface area contributed by atoms with E-state index in [2.05, 4.69) is 0 Å². The molecule has 0 aromatic rings. The van der Waals surface area contributed by atoms with Crippen LogP contribution in [0, 0.1) is 23.7 Å².